The van der Waals surface area contributed by atoms with E-state index in [1.807, 2.05) is 0 Å². The second-order valence-corrected chi connectivity index (χ2v) is 5.38. The molecule has 0 unspecified atom stereocenters. The molecule has 2 aromatic rings. The molecule has 1 heteroatoms. The van der Waals surface area contributed by atoms with E-state index in [1.54, 1.807) is 0 Å². The minimum absolute atomic E-state index is 0.551. The van der Waals surface area contributed by atoms with Gasteiger partial charge in [0.25, 0.3) is 0 Å². The van der Waals surface area contributed by atoms with Crippen molar-refractivity contribution in [3.8, 4) is 0 Å². The maximum atomic E-state index is 2.62. The second-order valence-electron chi connectivity index (χ2n) is 5.38. The maximum Gasteiger partial charge on any atom is 0.0320 e. The van der Waals surface area contributed by atoms with Gasteiger partial charge in [-0.25, -0.2) is 0 Å². The largest absolute Gasteiger partial charge is 0.297 e. The topological polar surface area (TPSA) is 3.24 Å². The number of rotatable bonds is 2. The van der Waals surface area contributed by atoms with Crippen molar-refractivity contribution in [2.45, 2.75) is 32.2 Å². The molecule has 1 aliphatic heterocycles. The Morgan fingerprint density at radius 1 is 0.889 bits per heavy atom. The van der Waals surface area contributed by atoms with Crippen LogP contribution in [0.5, 0.6) is 0 Å². The van der Waals surface area contributed by atoms with Crippen molar-refractivity contribution in [2.24, 2.45) is 0 Å². The summed E-state index contributed by atoms with van der Waals surface area (Å²) in [4.78, 5) is 2.62. The van der Waals surface area contributed by atoms with Crippen molar-refractivity contribution in [3.05, 3.63) is 48.0 Å². The predicted molar refractivity (Wildman–Crippen MR) is 77.8 cm³/mol. The summed E-state index contributed by atoms with van der Waals surface area (Å²) >= 11 is 0. The molecule has 0 aliphatic carbocycles. The third kappa shape index (κ3) is 2.28. The molecule has 2 aromatic carbocycles. The van der Waals surface area contributed by atoms with Crippen molar-refractivity contribution in [1.29, 1.82) is 0 Å². The maximum absolute atomic E-state index is 2.62. The Morgan fingerprint density at radius 2 is 1.61 bits per heavy atom. The van der Waals surface area contributed by atoms with E-state index in [-0.39, 0.29) is 0 Å². The highest BCUT2D eigenvalue weighted by Crippen LogP contribution is 2.26. The predicted octanol–water partition coefficient (Wildman–Crippen LogP) is 4.39. The van der Waals surface area contributed by atoms with Crippen LogP contribution in [0.1, 0.15) is 37.8 Å². The summed E-state index contributed by atoms with van der Waals surface area (Å²) in [6, 6.07) is 16.1. The number of benzene rings is 2. The Balaban J connectivity index is 1.88. The molecule has 1 nitrogen and oxygen atoms in total. The number of nitrogens with zero attached hydrogens (tertiary/aromatic N) is 1. The lowest BCUT2D eigenvalue weighted by molar-refractivity contribution is 0.175. The average molecular weight is 239 g/mol. The molecule has 94 valence electrons. The highest BCUT2D eigenvalue weighted by Gasteiger charge is 2.17. The Bertz CT molecular complexity index is 526. The molecule has 0 bridgehead atoms. The first-order chi connectivity index (χ1) is 8.84. The van der Waals surface area contributed by atoms with Crippen LogP contribution in [0, 0.1) is 0 Å². The standard InChI is InChI=1S/C17H21N/c1-14(18-11-5-2-6-12-18)16-10-9-15-7-3-4-8-17(15)13-16/h3-4,7-10,13-14H,2,5-6,11-12H2,1H3/t14-/m1/s1. The van der Waals surface area contributed by atoms with Crippen molar-refractivity contribution >= 4 is 10.8 Å². The number of hydrogen-bond acceptors (Lipinski definition) is 1. The molecule has 1 aliphatic rings. The van der Waals surface area contributed by atoms with Gasteiger partial charge >= 0.3 is 0 Å². The third-order valence-electron chi connectivity index (χ3n) is 4.19. The van der Waals surface area contributed by atoms with Crippen LogP contribution in [0.25, 0.3) is 10.8 Å². The third-order valence-corrected chi connectivity index (χ3v) is 4.19. The van der Waals surface area contributed by atoms with Gasteiger partial charge in [-0.3, -0.25) is 4.90 Å². The molecule has 1 heterocycles. The molecule has 1 atom stereocenters. The van der Waals surface area contributed by atoms with E-state index < -0.39 is 0 Å². The van der Waals surface area contributed by atoms with E-state index in [9.17, 15) is 0 Å². The van der Waals surface area contributed by atoms with Gasteiger partial charge in [0.05, 0.1) is 0 Å². The van der Waals surface area contributed by atoms with Crippen molar-refractivity contribution in [1.82, 2.24) is 4.90 Å². The van der Waals surface area contributed by atoms with Gasteiger partial charge in [-0.1, -0.05) is 42.8 Å². The number of piperidine rings is 1. The molecule has 1 fully saturated rings. The fraction of sp³-hybridized carbons (Fsp3) is 0.412. The minimum atomic E-state index is 0.551. The van der Waals surface area contributed by atoms with Gasteiger partial charge in [-0.15, -0.1) is 0 Å². The molecule has 0 aromatic heterocycles. The Kier molecular flexibility index (Phi) is 3.33. The van der Waals surface area contributed by atoms with Gasteiger partial charge in [0, 0.05) is 6.04 Å². The number of hydrogen-bond donors (Lipinski definition) is 0. The Labute approximate surface area is 109 Å². The molecule has 0 radical (unpaired) electrons. The second kappa shape index (κ2) is 5.11. The van der Waals surface area contributed by atoms with Gasteiger partial charge in [0.2, 0.25) is 0 Å². The fourth-order valence-corrected chi connectivity index (χ4v) is 2.98. The summed E-state index contributed by atoms with van der Waals surface area (Å²) in [6.45, 7) is 4.86. The van der Waals surface area contributed by atoms with Gasteiger partial charge < -0.3 is 0 Å². The average Bonchev–Trinajstić information content (AvgIpc) is 2.47. The van der Waals surface area contributed by atoms with E-state index in [1.165, 1.54) is 48.7 Å². The summed E-state index contributed by atoms with van der Waals surface area (Å²) in [5, 5.41) is 2.70. The van der Waals surface area contributed by atoms with Crippen LogP contribution in [0.2, 0.25) is 0 Å². The van der Waals surface area contributed by atoms with Crippen LogP contribution < -0.4 is 0 Å². The highest BCUT2D eigenvalue weighted by molar-refractivity contribution is 5.83. The van der Waals surface area contributed by atoms with Gasteiger partial charge in [0.15, 0.2) is 0 Å². The zero-order valence-corrected chi connectivity index (χ0v) is 11.1. The molecule has 0 N–H and O–H groups in total. The zero-order valence-electron chi connectivity index (χ0n) is 11.1. The van der Waals surface area contributed by atoms with Gasteiger partial charge in [0.1, 0.15) is 0 Å². The Hall–Kier alpha value is -1.34. The first kappa shape index (κ1) is 11.7. The lowest BCUT2D eigenvalue weighted by Gasteiger charge is -2.32. The molecular formula is C17H21N. The summed E-state index contributed by atoms with van der Waals surface area (Å²) < 4.78 is 0. The van der Waals surface area contributed by atoms with Crippen LogP contribution in [0.3, 0.4) is 0 Å². The van der Waals surface area contributed by atoms with E-state index in [0.29, 0.717) is 6.04 Å². The van der Waals surface area contributed by atoms with Gasteiger partial charge in [-0.2, -0.15) is 0 Å². The molecular weight excluding hydrogens is 218 g/mol. The molecule has 3 rings (SSSR count). The minimum Gasteiger partial charge on any atom is -0.297 e. The number of likely N-dealkylation sites (tertiary alicyclic amines) is 1. The van der Waals surface area contributed by atoms with Crippen LogP contribution >= 0.6 is 0 Å². The zero-order chi connectivity index (χ0) is 12.4. The first-order valence-corrected chi connectivity index (χ1v) is 7.07. The molecule has 0 amide bonds. The van der Waals surface area contributed by atoms with E-state index in [0.717, 1.165) is 0 Å². The van der Waals surface area contributed by atoms with Crippen LogP contribution in [0.4, 0.5) is 0 Å². The summed E-state index contributed by atoms with van der Waals surface area (Å²) in [5.74, 6) is 0. The monoisotopic (exact) mass is 239 g/mol. The first-order valence-electron chi connectivity index (χ1n) is 7.07. The van der Waals surface area contributed by atoms with Crippen molar-refractivity contribution < 1.29 is 0 Å². The molecule has 0 spiro atoms. The van der Waals surface area contributed by atoms with Crippen LogP contribution in [0.15, 0.2) is 42.5 Å². The normalized spacial score (nSPS) is 18.9. The van der Waals surface area contributed by atoms with Crippen molar-refractivity contribution in [3.63, 3.8) is 0 Å². The molecule has 18 heavy (non-hydrogen) atoms. The van der Waals surface area contributed by atoms with E-state index in [4.69, 9.17) is 0 Å². The smallest absolute Gasteiger partial charge is 0.0320 e. The Morgan fingerprint density at radius 3 is 2.39 bits per heavy atom. The lowest BCUT2D eigenvalue weighted by Crippen LogP contribution is -2.32. The molecule has 1 saturated heterocycles. The van der Waals surface area contributed by atoms with Gasteiger partial charge in [-0.05, 0) is 55.3 Å². The van der Waals surface area contributed by atoms with E-state index >= 15 is 0 Å². The summed E-state index contributed by atoms with van der Waals surface area (Å²) in [5.41, 5.74) is 1.45. The quantitative estimate of drug-likeness (QED) is 0.751. The number of fused-ring (bicyclic) bond motifs is 1. The summed E-state index contributed by atoms with van der Waals surface area (Å²) in [7, 11) is 0. The fourth-order valence-electron chi connectivity index (χ4n) is 2.98. The lowest BCUT2D eigenvalue weighted by atomic mass is 10.00. The van der Waals surface area contributed by atoms with Crippen LogP contribution in [-0.2, 0) is 0 Å². The van der Waals surface area contributed by atoms with Crippen molar-refractivity contribution in [2.75, 3.05) is 13.1 Å². The van der Waals surface area contributed by atoms with Crippen LogP contribution in [-0.4, -0.2) is 18.0 Å². The summed E-state index contributed by atoms with van der Waals surface area (Å²) in [6.07, 6.45) is 4.12. The highest BCUT2D eigenvalue weighted by atomic mass is 15.2. The molecule has 0 saturated carbocycles. The SMILES string of the molecule is C[C@H](c1ccc2ccccc2c1)N1CCCCC1. The van der Waals surface area contributed by atoms with E-state index in [2.05, 4.69) is 54.3 Å².